The largest absolute Gasteiger partial charge is 0.386 e. The average Bonchev–Trinajstić information content (AvgIpc) is 1.99. The van der Waals surface area contributed by atoms with Gasteiger partial charge in [0.1, 0.15) is 12.2 Å². The second kappa shape index (κ2) is 5.21. The maximum Gasteiger partial charge on any atom is 0.105 e. The van der Waals surface area contributed by atoms with E-state index in [1.165, 1.54) is 6.08 Å². The molecule has 0 saturated heterocycles. The molecule has 1 N–H and O–H groups in total. The van der Waals surface area contributed by atoms with E-state index in [1.807, 2.05) is 6.92 Å². The first-order valence-electron chi connectivity index (χ1n) is 3.31. The van der Waals surface area contributed by atoms with Gasteiger partial charge in [-0.05, 0) is 6.92 Å². The molecule has 58 valence electrons. The fourth-order valence-corrected chi connectivity index (χ4v) is 0.633. The Bertz CT molecular complexity index is 110. The Morgan fingerprint density at radius 1 is 1.50 bits per heavy atom. The lowest BCUT2D eigenvalue weighted by molar-refractivity contribution is 0.0180. The van der Waals surface area contributed by atoms with Crippen molar-refractivity contribution in [3.05, 3.63) is 25.3 Å². The third kappa shape index (κ3) is 2.80. The van der Waals surface area contributed by atoms with Crippen molar-refractivity contribution in [3.8, 4) is 0 Å². The quantitative estimate of drug-likeness (QED) is 0.583. The zero-order valence-corrected chi connectivity index (χ0v) is 6.29. The summed E-state index contributed by atoms with van der Waals surface area (Å²) in [5, 5.41) is 9.13. The molecule has 0 bridgehead atoms. The van der Waals surface area contributed by atoms with Crippen molar-refractivity contribution in [1.82, 2.24) is 0 Å². The third-order valence-corrected chi connectivity index (χ3v) is 1.17. The molecule has 0 aliphatic rings. The van der Waals surface area contributed by atoms with Crippen molar-refractivity contribution >= 4 is 0 Å². The molecule has 2 nitrogen and oxygen atoms in total. The lowest BCUT2D eigenvalue weighted by Crippen LogP contribution is -2.24. The summed E-state index contributed by atoms with van der Waals surface area (Å²) in [5.41, 5.74) is 0. The summed E-state index contributed by atoms with van der Waals surface area (Å²) in [7, 11) is 0. The normalized spacial score (nSPS) is 15.8. The SMILES string of the molecule is C=CC(O)C(C=C)OCC. The van der Waals surface area contributed by atoms with Crippen molar-refractivity contribution in [2.75, 3.05) is 6.61 Å². The van der Waals surface area contributed by atoms with Gasteiger partial charge in [-0.25, -0.2) is 0 Å². The topological polar surface area (TPSA) is 29.5 Å². The van der Waals surface area contributed by atoms with Crippen molar-refractivity contribution in [3.63, 3.8) is 0 Å². The minimum absolute atomic E-state index is 0.317. The van der Waals surface area contributed by atoms with Crippen LogP contribution in [0.2, 0.25) is 0 Å². The number of rotatable bonds is 5. The van der Waals surface area contributed by atoms with Gasteiger partial charge in [0.15, 0.2) is 0 Å². The molecule has 0 aromatic heterocycles. The van der Waals surface area contributed by atoms with Gasteiger partial charge in [-0.2, -0.15) is 0 Å². The van der Waals surface area contributed by atoms with Crippen LogP contribution in [0.25, 0.3) is 0 Å². The molecule has 0 saturated carbocycles. The lowest BCUT2D eigenvalue weighted by Gasteiger charge is -2.15. The van der Waals surface area contributed by atoms with Crippen LogP contribution < -0.4 is 0 Å². The second-order valence-corrected chi connectivity index (χ2v) is 1.88. The number of aliphatic hydroxyl groups excluding tert-OH is 1. The van der Waals surface area contributed by atoms with E-state index < -0.39 is 6.10 Å². The standard InChI is InChI=1S/C8H14O2/c1-4-7(9)8(5-2)10-6-3/h4-5,7-9H,1-2,6H2,3H3. The van der Waals surface area contributed by atoms with Crippen molar-refractivity contribution in [2.45, 2.75) is 19.1 Å². The maximum absolute atomic E-state index is 9.13. The first-order chi connectivity index (χ1) is 4.76. The summed E-state index contributed by atoms with van der Waals surface area (Å²) in [5.74, 6) is 0. The summed E-state index contributed by atoms with van der Waals surface area (Å²) in [6.07, 6.45) is 2.04. The van der Waals surface area contributed by atoms with Crippen LogP contribution >= 0.6 is 0 Å². The molecule has 0 spiro atoms. The molecule has 0 aromatic rings. The summed E-state index contributed by atoms with van der Waals surface area (Å²) in [6, 6.07) is 0. The number of aliphatic hydroxyl groups is 1. The van der Waals surface area contributed by atoms with E-state index in [4.69, 9.17) is 9.84 Å². The van der Waals surface area contributed by atoms with Crippen LogP contribution in [0, 0.1) is 0 Å². The molecule has 10 heavy (non-hydrogen) atoms. The molecule has 0 rings (SSSR count). The highest BCUT2D eigenvalue weighted by molar-refractivity contribution is 4.94. The summed E-state index contributed by atoms with van der Waals surface area (Å²) in [4.78, 5) is 0. The Labute approximate surface area is 61.8 Å². The predicted octanol–water partition coefficient (Wildman–Crippen LogP) is 1.12. The first kappa shape index (κ1) is 9.40. The average molecular weight is 142 g/mol. The fourth-order valence-electron chi connectivity index (χ4n) is 0.633. The Hall–Kier alpha value is -0.600. The van der Waals surface area contributed by atoms with Gasteiger partial charge in [-0.15, -0.1) is 13.2 Å². The molecule has 0 aliphatic heterocycles. The van der Waals surface area contributed by atoms with Gasteiger partial charge in [-0.1, -0.05) is 12.2 Å². The summed E-state index contributed by atoms with van der Waals surface area (Å²) < 4.78 is 5.10. The second-order valence-electron chi connectivity index (χ2n) is 1.88. The zero-order chi connectivity index (χ0) is 7.98. The summed E-state index contributed by atoms with van der Waals surface area (Å²) in [6.45, 7) is 9.39. The smallest absolute Gasteiger partial charge is 0.105 e. The van der Waals surface area contributed by atoms with Crippen LogP contribution in [0.4, 0.5) is 0 Å². The Balaban J connectivity index is 3.78. The fraction of sp³-hybridized carbons (Fsp3) is 0.500. The molecule has 0 heterocycles. The minimum atomic E-state index is -0.641. The van der Waals surface area contributed by atoms with Gasteiger partial charge in [0.2, 0.25) is 0 Å². The van der Waals surface area contributed by atoms with E-state index in [0.717, 1.165) is 0 Å². The number of hydrogen-bond donors (Lipinski definition) is 1. The van der Waals surface area contributed by atoms with E-state index in [2.05, 4.69) is 13.2 Å². The molecule has 0 aliphatic carbocycles. The monoisotopic (exact) mass is 142 g/mol. The van der Waals surface area contributed by atoms with E-state index >= 15 is 0 Å². The van der Waals surface area contributed by atoms with Crippen LogP contribution in [0.5, 0.6) is 0 Å². The van der Waals surface area contributed by atoms with E-state index in [-0.39, 0.29) is 6.10 Å². The van der Waals surface area contributed by atoms with Crippen molar-refractivity contribution in [1.29, 1.82) is 0 Å². The van der Waals surface area contributed by atoms with E-state index in [1.54, 1.807) is 6.08 Å². The summed E-state index contributed by atoms with van der Waals surface area (Å²) >= 11 is 0. The molecule has 2 atom stereocenters. The van der Waals surface area contributed by atoms with Gasteiger partial charge in [0.05, 0.1) is 0 Å². The zero-order valence-electron chi connectivity index (χ0n) is 6.29. The Morgan fingerprint density at radius 3 is 2.40 bits per heavy atom. The Kier molecular flexibility index (Phi) is 4.89. The predicted molar refractivity (Wildman–Crippen MR) is 41.8 cm³/mol. The first-order valence-corrected chi connectivity index (χ1v) is 3.31. The van der Waals surface area contributed by atoms with Crippen molar-refractivity contribution < 1.29 is 9.84 Å². The molecule has 0 amide bonds. The van der Waals surface area contributed by atoms with E-state index in [0.29, 0.717) is 6.61 Å². The van der Waals surface area contributed by atoms with Crippen LogP contribution in [0.15, 0.2) is 25.3 Å². The van der Waals surface area contributed by atoms with Gasteiger partial charge in [-0.3, -0.25) is 0 Å². The molecule has 0 aromatic carbocycles. The molecule has 0 fully saturated rings. The molecule has 2 unspecified atom stereocenters. The van der Waals surface area contributed by atoms with Crippen molar-refractivity contribution in [2.24, 2.45) is 0 Å². The molecular formula is C8H14O2. The van der Waals surface area contributed by atoms with Gasteiger partial charge >= 0.3 is 0 Å². The van der Waals surface area contributed by atoms with Crippen LogP contribution in [-0.2, 0) is 4.74 Å². The highest BCUT2D eigenvalue weighted by atomic mass is 16.5. The van der Waals surface area contributed by atoms with Gasteiger partial charge < -0.3 is 9.84 Å². The lowest BCUT2D eigenvalue weighted by atomic mass is 10.2. The molecule has 2 heteroatoms. The molecule has 0 radical (unpaired) electrons. The van der Waals surface area contributed by atoms with Gasteiger partial charge in [0.25, 0.3) is 0 Å². The molecular weight excluding hydrogens is 128 g/mol. The van der Waals surface area contributed by atoms with Crippen LogP contribution in [0.1, 0.15) is 6.92 Å². The van der Waals surface area contributed by atoms with Crippen LogP contribution in [-0.4, -0.2) is 23.9 Å². The highest BCUT2D eigenvalue weighted by Gasteiger charge is 2.10. The maximum atomic E-state index is 9.13. The minimum Gasteiger partial charge on any atom is -0.386 e. The number of hydrogen-bond acceptors (Lipinski definition) is 2. The Morgan fingerprint density at radius 2 is 2.10 bits per heavy atom. The third-order valence-electron chi connectivity index (χ3n) is 1.17. The highest BCUT2D eigenvalue weighted by Crippen LogP contribution is 2.00. The van der Waals surface area contributed by atoms with E-state index in [9.17, 15) is 0 Å². The van der Waals surface area contributed by atoms with Crippen LogP contribution in [0.3, 0.4) is 0 Å². The van der Waals surface area contributed by atoms with Gasteiger partial charge in [0, 0.05) is 6.61 Å². The number of ether oxygens (including phenoxy) is 1.